The summed E-state index contributed by atoms with van der Waals surface area (Å²) < 4.78 is 0. The molecular formula is C19H23NOS. The van der Waals surface area contributed by atoms with Gasteiger partial charge in [0, 0.05) is 4.90 Å². The number of benzene rings is 2. The molecule has 1 N–H and O–H groups in total. The smallest absolute Gasteiger partial charge is 0.233 e. The van der Waals surface area contributed by atoms with E-state index in [4.69, 9.17) is 0 Å². The lowest BCUT2D eigenvalue weighted by Crippen LogP contribution is -2.33. The Labute approximate surface area is 137 Å². The quantitative estimate of drug-likeness (QED) is 0.813. The number of hydrogen-bond acceptors (Lipinski definition) is 2. The fourth-order valence-electron chi connectivity index (χ4n) is 2.48. The number of carbonyl (C=O) groups excluding carboxylic acids is 1. The van der Waals surface area contributed by atoms with E-state index in [2.05, 4.69) is 37.4 Å². The summed E-state index contributed by atoms with van der Waals surface area (Å²) >= 11 is 1.58. The van der Waals surface area contributed by atoms with E-state index < -0.39 is 0 Å². The minimum atomic E-state index is -0.115. The van der Waals surface area contributed by atoms with E-state index in [-0.39, 0.29) is 17.2 Å². The maximum atomic E-state index is 12.4. The van der Waals surface area contributed by atoms with Gasteiger partial charge in [-0.15, -0.1) is 11.8 Å². The molecule has 2 rings (SSSR count). The minimum Gasteiger partial charge on any atom is -0.349 e. The SMILES string of the molecule is Cc1ccc([C@@H](C)NC(=O)[C@@H](C)Sc2ccccc2)c(C)c1. The molecule has 0 fully saturated rings. The van der Waals surface area contributed by atoms with Crippen LogP contribution in [0.15, 0.2) is 53.4 Å². The summed E-state index contributed by atoms with van der Waals surface area (Å²) in [5, 5.41) is 3.00. The van der Waals surface area contributed by atoms with Crippen LogP contribution in [0.4, 0.5) is 0 Å². The molecule has 0 unspecified atom stereocenters. The zero-order valence-electron chi connectivity index (χ0n) is 13.6. The van der Waals surface area contributed by atoms with Crippen molar-refractivity contribution in [2.24, 2.45) is 0 Å². The first-order valence-corrected chi connectivity index (χ1v) is 8.44. The number of aryl methyl sites for hydroxylation is 2. The van der Waals surface area contributed by atoms with Crippen LogP contribution in [0.25, 0.3) is 0 Å². The molecule has 0 aliphatic heterocycles. The fourth-order valence-corrected chi connectivity index (χ4v) is 3.37. The molecule has 2 aromatic carbocycles. The first kappa shape index (κ1) is 16.6. The summed E-state index contributed by atoms with van der Waals surface area (Å²) in [4.78, 5) is 13.5. The van der Waals surface area contributed by atoms with Crippen LogP contribution >= 0.6 is 11.8 Å². The van der Waals surface area contributed by atoms with Crippen molar-refractivity contribution in [3.05, 3.63) is 65.2 Å². The predicted octanol–water partition coefficient (Wildman–Crippen LogP) is 4.66. The van der Waals surface area contributed by atoms with Gasteiger partial charge >= 0.3 is 0 Å². The lowest BCUT2D eigenvalue weighted by molar-refractivity contribution is -0.120. The third kappa shape index (κ3) is 4.38. The van der Waals surface area contributed by atoms with Gasteiger partial charge < -0.3 is 5.32 Å². The first-order chi connectivity index (χ1) is 10.5. The van der Waals surface area contributed by atoms with E-state index in [1.54, 1.807) is 11.8 Å². The number of hydrogen-bond donors (Lipinski definition) is 1. The second kappa shape index (κ2) is 7.50. The van der Waals surface area contributed by atoms with Crippen LogP contribution in [-0.4, -0.2) is 11.2 Å². The molecule has 0 aliphatic carbocycles. The molecule has 0 heterocycles. The van der Waals surface area contributed by atoms with E-state index in [0.29, 0.717) is 0 Å². The summed E-state index contributed by atoms with van der Waals surface area (Å²) in [6.07, 6.45) is 0. The molecule has 116 valence electrons. The molecule has 2 nitrogen and oxygen atoms in total. The standard InChI is InChI=1S/C19H23NOS/c1-13-10-11-18(14(2)12-13)15(3)20-19(21)16(4)22-17-8-6-5-7-9-17/h5-12,15-16H,1-4H3,(H,20,21)/t15-,16-/m1/s1. The highest BCUT2D eigenvalue weighted by Gasteiger charge is 2.18. The molecule has 1 amide bonds. The second-order valence-corrected chi connectivity index (χ2v) is 7.08. The number of thioether (sulfide) groups is 1. The third-order valence-corrected chi connectivity index (χ3v) is 4.79. The molecule has 0 saturated heterocycles. The Morgan fingerprint density at radius 1 is 1.05 bits per heavy atom. The van der Waals surface area contributed by atoms with Crippen molar-refractivity contribution in [2.75, 3.05) is 0 Å². The van der Waals surface area contributed by atoms with Crippen LogP contribution in [-0.2, 0) is 4.79 Å². The Morgan fingerprint density at radius 3 is 2.36 bits per heavy atom. The van der Waals surface area contributed by atoms with Crippen molar-refractivity contribution in [1.82, 2.24) is 5.32 Å². The zero-order valence-corrected chi connectivity index (χ0v) is 14.4. The van der Waals surface area contributed by atoms with Gasteiger partial charge in [0.15, 0.2) is 0 Å². The van der Waals surface area contributed by atoms with Crippen LogP contribution in [0, 0.1) is 13.8 Å². The molecule has 3 heteroatoms. The van der Waals surface area contributed by atoms with Gasteiger partial charge in [-0.05, 0) is 51.0 Å². The summed E-state index contributed by atoms with van der Waals surface area (Å²) in [5.41, 5.74) is 3.64. The van der Waals surface area contributed by atoms with Crippen molar-refractivity contribution >= 4 is 17.7 Å². The third-order valence-electron chi connectivity index (χ3n) is 3.68. The van der Waals surface area contributed by atoms with Crippen molar-refractivity contribution < 1.29 is 4.79 Å². The second-order valence-electron chi connectivity index (χ2n) is 5.66. The Morgan fingerprint density at radius 2 is 1.73 bits per heavy atom. The van der Waals surface area contributed by atoms with E-state index in [0.717, 1.165) is 4.90 Å². The van der Waals surface area contributed by atoms with E-state index >= 15 is 0 Å². The van der Waals surface area contributed by atoms with Gasteiger partial charge in [-0.3, -0.25) is 4.79 Å². The van der Waals surface area contributed by atoms with Gasteiger partial charge in [0.1, 0.15) is 0 Å². The monoisotopic (exact) mass is 313 g/mol. The van der Waals surface area contributed by atoms with Gasteiger partial charge in [0.2, 0.25) is 5.91 Å². The topological polar surface area (TPSA) is 29.1 Å². The molecule has 0 bridgehead atoms. The first-order valence-electron chi connectivity index (χ1n) is 7.56. The van der Waals surface area contributed by atoms with E-state index in [1.165, 1.54) is 16.7 Å². The van der Waals surface area contributed by atoms with Crippen LogP contribution in [0.5, 0.6) is 0 Å². The average Bonchev–Trinajstić information content (AvgIpc) is 2.47. The van der Waals surface area contributed by atoms with Gasteiger partial charge in [0.05, 0.1) is 11.3 Å². The Kier molecular flexibility index (Phi) is 5.67. The van der Waals surface area contributed by atoms with Crippen LogP contribution in [0.3, 0.4) is 0 Å². The molecule has 0 aromatic heterocycles. The van der Waals surface area contributed by atoms with Gasteiger partial charge in [-0.2, -0.15) is 0 Å². The highest BCUT2D eigenvalue weighted by molar-refractivity contribution is 8.00. The average molecular weight is 313 g/mol. The van der Waals surface area contributed by atoms with E-state index in [9.17, 15) is 4.79 Å². The number of amides is 1. The van der Waals surface area contributed by atoms with Crippen LogP contribution in [0.1, 0.15) is 36.6 Å². The minimum absolute atomic E-state index is 0.0203. The van der Waals surface area contributed by atoms with Crippen molar-refractivity contribution in [3.8, 4) is 0 Å². The maximum absolute atomic E-state index is 12.4. The maximum Gasteiger partial charge on any atom is 0.233 e. The van der Waals surface area contributed by atoms with E-state index in [1.807, 2.05) is 44.2 Å². The Hall–Kier alpha value is -1.74. The van der Waals surface area contributed by atoms with Crippen LogP contribution < -0.4 is 5.32 Å². The predicted molar refractivity (Wildman–Crippen MR) is 94.2 cm³/mol. The van der Waals surface area contributed by atoms with Gasteiger partial charge in [0.25, 0.3) is 0 Å². The summed E-state index contributed by atoms with van der Waals surface area (Å²) in [6.45, 7) is 8.16. The van der Waals surface area contributed by atoms with Crippen molar-refractivity contribution in [1.29, 1.82) is 0 Å². The number of carbonyl (C=O) groups is 1. The molecule has 0 saturated carbocycles. The van der Waals surface area contributed by atoms with Crippen molar-refractivity contribution in [3.63, 3.8) is 0 Å². The molecule has 0 spiro atoms. The summed E-state index contributed by atoms with van der Waals surface area (Å²) in [6, 6.07) is 16.4. The molecule has 22 heavy (non-hydrogen) atoms. The molecule has 2 atom stereocenters. The highest BCUT2D eigenvalue weighted by atomic mass is 32.2. The van der Waals surface area contributed by atoms with Gasteiger partial charge in [-0.25, -0.2) is 0 Å². The Bertz CT molecular complexity index is 639. The molecular weight excluding hydrogens is 290 g/mol. The number of rotatable bonds is 5. The largest absolute Gasteiger partial charge is 0.349 e. The molecule has 2 aromatic rings. The fraction of sp³-hybridized carbons (Fsp3) is 0.316. The van der Waals surface area contributed by atoms with Crippen LogP contribution in [0.2, 0.25) is 0 Å². The normalized spacial score (nSPS) is 13.5. The molecule has 0 radical (unpaired) electrons. The summed E-state index contributed by atoms with van der Waals surface area (Å²) in [5.74, 6) is 0.0707. The highest BCUT2D eigenvalue weighted by Crippen LogP contribution is 2.24. The molecule has 0 aliphatic rings. The Balaban J connectivity index is 1.98. The van der Waals surface area contributed by atoms with Gasteiger partial charge in [-0.1, -0.05) is 42.0 Å². The zero-order chi connectivity index (χ0) is 16.1. The summed E-state index contributed by atoms with van der Waals surface area (Å²) in [7, 11) is 0. The number of nitrogens with one attached hydrogen (secondary N) is 1. The van der Waals surface area contributed by atoms with Crippen molar-refractivity contribution in [2.45, 2.75) is 43.9 Å². The lowest BCUT2D eigenvalue weighted by atomic mass is 10.0. The lowest BCUT2D eigenvalue weighted by Gasteiger charge is -2.19.